The van der Waals surface area contributed by atoms with Crippen LogP contribution in [0.4, 0.5) is 0 Å². The number of azide groups is 1. The molecule has 0 saturated carbocycles. The monoisotopic (exact) mass is 430 g/mol. The summed E-state index contributed by atoms with van der Waals surface area (Å²) in [5, 5.41) is 15.1. The Labute approximate surface area is 180 Å². The number of benzene rings is 1. The molecule has 166 valence electrons. The van der Waals surface area contributed by atoms with E-state index in [-0.39, 0.29) is 19.1 Å². The lowest BCUT2D eigenvalue weighted by Crippen LogP contribution is -2.46. The van der Waals surface area contributed by atoms with Crippen molar-refractivity contribution in [1.82, 2.24) is 5.32 Å². The minimum atomic E-state index is -1.13. The van der Waals surface area contributed by atoms with Gasteiger partial charge in [-0.3, -0.25) is 4.79 Å². The maximum Gasteiger partial charge on any atom is 0.330 e. The number of nitrogens with zero attached hydrogens (tertiary/aromatic N) is 3. The molecule has 1 aromatic carbocycles. The zero-order valence-corrected chi connectivity index (χ0v) is 17.2. The lowest BCUT2D eigenvalue weighted by atomic mass is 10.0. The second kappa shape index (κ2) is 13.2. The van der Waals surface area contributed by atoms with Crippen LogP contribution < -0.4 is 5.32 Å². The van der Waals surface area contributed by atoms with Gasteiger partial charge in [0, 0.05) is 23.4 Å². The van der Waals surface area contributed by atoms with Gasteiger partial charge < -0.3 is 24.6 Å². The fourth-order valence-electron chi connectivity index (χ4n) is 2.95. The van der Waals surface area contributed by atoms with Crippen LogP contribution in [0.25, 0.3) is 10.4 Å². The van der Waals surface area contributed by atoms with Crippen LogP contribution >= 0.6 is 0 Å². The van der Waals surface area contributed by atoms with Gasteiger partial charge in [-0.2, -0.15) is 0 Å². The van der Waals surface area contributed by atoms with Crippen molar-refractivity contribution in [3.63, 3.8) is 0 Å². The third-order valence-corrected chi connectivity index (χ3v) is 4.42. The van der Waals surface area contributed by atoms with Crippen LogP contribution in [0.15, 0.2) is 59.8 Å². The van der Waals surface area contributed by atoms with Crippen molar-refractivity contribution < 1.29 is 28.9 Å². The van der Waals surface area contributed by atoms with E-state index in [0.29, 0.717) is 6.42 Å². The zero-order chi connectivity index (χ0) is 22.5. The first-order chi connectivity index (χ1) is 15.1. The van der Waals surface area contributed by atoms with Gasteiger partial charge in [0.1, 0.15) is 0 Å². The summed E-state index contributed by atoms with van der Waals surface area (Å²) in [4.78, 5) is 26.6. The average molecular weight is 430 g/mol. The lowest BCUT2D eigenvalue weighted by molar-refractivity contribution is -0.237. The molecule has 31 heavy (non-hydrogen) atoms. The number of rotatable bonds is 10. The van der Waals surface area contributed by atoms with E-state index in [9.17, 15) is 14.7 Å². The van der Waals surface area contributed by atoms with Crippen molar-refractivity contribution in [3.05, 3.63) is 70.6 Å². The standard InChI is InChI=1S/C21H26N4O6/c1-29-20(28)18(14-26)24-19(27)13-17-12-16(10-6-3-7-11-23-25-22)30-21(31-17)15-8-4-2-5-9-15/h2-10,16-18,21,26H,11-14H2,1H3,(H,24,27)/b7-3+,10-6+/t16-,17-,18+,21?/m1/s1. The van der Waals surface area contributed by atoms with Gasteiger partial charge in [0.2, 0.25) is 5.91 Å². The van der Waals surface area contributed by atoms with E-state index in [2.05, 4.69) is 20.1 Å². The minimum Gasteiger partial charge on any atom is -0.467 e. The number of hydrogen-bond acceptors (Lipinski definition) is 7. The fourth-order valence-corrected chi connectivity index (χ4v) is 2.95. The molecule has 0 aromatic heterocycles. The van der Waals surface area contributed by atoms with Crippen molar-refractivity contribution in [3.8, 4) is 0 Å². The van der Waals surface area contributed by atoms with Gasteiger partial charge in [0.25, 0.3) is 0 Å². The van der Waals surface area contributed by atoms with Crippen molar-refractivity contribution >= 4 is 11.9 Å². The van der Waals surface area contributed by atoms with Gasteiger partial charge in [-0.15, -0.1) is 0 Å². The molecule has 1 aliphatic rings. The molecule has 0 bridgehead atoms. The Bertz CT molecular complexity index is 822. The average Bonchev–Trinajstić information content (AvgIpc) is 2.79. The third-order valence-electron chi connectivity index (χ3n) is 4.42. The molecule has 2 N–H and O–H groups in total. The van der Waals surface area contributed by atoms with E-state index < -0.39 is 36.9 Å². The second-order valence-electron chi connectivity index (χ2n) is 6.67. The third kappa shape index (κ3) is 8.23. The molecule has 0 spiro atoms. The summed E-state index contributed by atoms with van der Waals surface area (Å²) in [7, 11) is 1.18. The number of aliphatic hydroxyl groups excluding tert-OH is 1. The maximum absolute atomic E-state index is 12.4. The fraction of sp³-hybridized carbons (Fsp3) is 0.429. The number of aliphatic hydroxyl groups is 1. The van der Waals surface area contributed by atoms with Crippen molar-refractivity contribution in [2.24, 2.45) is 5.11 Å². The highest BCUT2D eigenvalue weighted by molar-refractivity contribution is 5.84. The number of carbonyl (C=O) groups is 2. The topological polar surface area (TPSA) is 143 Å². The van der Waals surface area contributed by atoms with Crippen molar-refractivity contribution in [2.45, 2.75) is 37.4 Å². The molecule has 0 radical (unpaired) electrons. The van der Waals surface area contributed by atoms with Crippen LogP contribution in [-0.2, 0) is 23.8 Å². The summed E-state index contributed by atoms with van der Waals surface area (Å²) in [5.41, 5.74) is 9.09. The van der Waals surface area contributed by atoms with E-state index >= 15 is 0 Å². The Hall–Kier alpha value is -3.17. The lowest BCUT2D eigenvalue weighted by Gasteiger charge is -2.34. The SMILES string of the molecule is COC(=O)[C@H](CO)NC(=O)C[C@H]1C[C@@H](/C=C/C=C/CN=[N+]=[N-])OC(c2ccccc2)O1. The van der Waals surface area contributed by atoms with Crippen LogP contribution in [0, 0.1) is 0 Å². The van der Waals surface area contributed by atoms with E-state index in [1.54, 1.807) is 18.2 Å². The number of carbonyl (C=O) groups excluding carboxylic acids is 2. The van der Waals surface area contributed by atoms with Crippen LogP contribution in [0.3, 0.4) is 0 Å². The second-order valence-corrected chi connectivity index (χ2v) is 6.67. The molecule has 10 nitrogen and oxygen atoms in total. The molecule has 1 fully saturated rings. The van der Waals surface area contributed by atoms with Gasteiger partial charge in [0.15, 0.2) is 12.3 Å². The predicted molar refractivity (Wildman–Crippen MR) is 111 cm³/mol. The minimum absolute atomic E-state index is 0.0166. The normalized spacial score (nSPS) is 22.1. The van der Waals surface area contributed by atoms with Crippen LogP contribution in [0.2, 0.25) is 0 Å². The molecule has 2 rings (SSSR count). The summed E-state index contributed by atoms with van der Waals surface area (Å²) in [6.07, 6.45) is 6.00. The molecule has 1 unspecified atom stereocenters. The first kappa shape index (κ1) is 24.1. The highest BCUT2D eigenvalue weighted by atomic mass is 16.7. The predicted octanol–water partition coefficient (Wildman–Crippen LogP) is 2.32. The summed E-state index contributed by atoms with van der Waals surface area (Å²) in [5.74, 6) is -1.17. The highest BCUT2D eigenvalue weighted by Crippen LogP contribution is 2.31. The molecule has 1 aromatic rings. The van der Waals surface area contributed by atoms with Gasteiger partial charge in [-0.25, -0.2) is 4.79 Å². The number of nitrogens with one attached hydrogen (secondary N) is 1. The summed E-state index contributed by atoms with van der Waals surface area (Å²) >= 11 is 0. The van der Waals surface area contributed by atoms with Gasteiger partial charge in [-0.05, 0) is 5.53 Å². The van der Waals surface area contributed by atoms with E-state index in [1.807, 2.05) is 36.4 Å². The van der Waals surface area contributed by atoms with E-state index in [1.165, 1.54) is 7.11 Å². The van der Waals surface area contributed by atoms with Crippen LogP contribution in [0.5, 0.6) is 0 Å². The Morgan fingerprint density at radius 2 is 2.13 bits per heavy atom. The van der Waals surface area contributed by atoms with E-state index in [0.717, 1.165) is 5.56 Å². The molecule has 4 atom stereocenters. The molecular formula is C21H26N4O6. The number of ether oxygens (including phenoxy) is 3. The number of allylic oxidation sites excluding steroid dienone is 2. The molecule has 0 aliphatic carbocycles. The number of methoxy groups -OCH3 is 1. The quantitative estimate of drug-likeness (QED) is 0.192. The van der Waals surface area contributed by atoms with Gasteiger partial charge in [-0.1, -0.05) is 59.8 Å². The number of hydrogen-bond donors (Lipinski definition) is 2. The summed E-state index contributed by atoms with van der Waals surface area (Å²) < 4.78 is 16.5. The Balaban J connectivity index is 2.05. The smallest absolute Gasteiger partial charge is 0.330 e. The molecule has 1 aliphatic heterocycles. The molecule has 1 amide bonds. The summed E-state index contributed by atoms with van der Waals surface area (Å²) in [6.45, 7) is -0.315. The van der Waals surface area contributed by atoms with Gasteiger partial charge >= 0.3 is 5.97 Å². The maximum atomic E-state index is 12.4. The Morgan fingerprint density at radius 1 is 1.35 bits per heavy atom. The number of esters is 1. The van der Waals surface area contributed by atoms with Gasteiger partial charge in [0.05, 0.1) is 32.3 Å². The Morgan fingerprint density at radius 3 is 2.81 bits per heavy atom. The molecule has 1 saturated heterocycles. The summed E-state index contributed by atoms with van der Waals surface area (Å²) in [6, 6.07) is 8.22. The highest BCUT2D eigenvalue weighted by Gasteiger charge is 2.32. The van der Waals surface area contributed by atoms with Crippen LogP contribution in [0.1, 0.15) is 24.7 Å². The van der Waals surface area contributed by atoms with Crippen molar-refractivity contribution in [2.75, 3.05) is 20.3 Å². The van der Waals surface area contributed by atoms with Crippen molar-refractivity contribution in [1.29, 1.82) is 0 Å². The number of amides is 1. The van der Waals surface area contributed by atoms with E-state index in [4.69, 9.17) is 15.0 Å². The largest absolute Gasteiger partial charge is 0.467 e. The molecule has 10 heteroatoms. The Kier molecular flexibility index (Phi) is 10.3. The zero-order valence-electron chi connectivity index (χ0n) is 17.2. The first-order valence-electron chi connectivity index (χ1n) is 9.75. The van der Waals surface area contributed by atoms with Crippen LogP contribution in [-0.4, -0.2) is 55.5 Å². The molecular weight excluding hydrogens is 404 g/mol. The molecule has 1 heterocycles. The first-order valence-corrected chi connectivity index (χ1v) is 9.75.